The number of carbonyl (C=O) groups is 1. The van der Waals surface area contributed by atoms with E-state index in [1.54, 1.807) is 17.0 Å². The number of amides is 1. The lowest BCUT2D eigenvalue weighted by Crippen LogP contribution is -2.39. The monoisotopic (exact) mass is 333 g/mol. The molecule has 2 heterocycles. The van der Waals surface area contributed by atoms with Crippen LogP contribution in [0.4, 0.5) is 0 Å². The Labute approximate surface area is 128 Å². The second kappa shape index (κ2) is 6.28. The van der Waals surface area contributed by atoms with Crippen LogP contribution in [0.2, 0.25) is 4.34 Å². The summed E-state index contributed by atoms with van der Waals surface area (Å²) >= 11 is 7.22. The molecule has 4 nitrogen and oxygen atoms in total. The molecule has 0 aromatic carbocycles. The SMILES string of the molecule is CCN(C(=O)C=Cc1ccc(Cl)s1)C1CCS(=O)(=O)C1. The highest BCUT2D eigenvalue weighted by Crippen LogP contribution is 2.23. The molecule has 1 unspecified atom stereocenters. The molecule has 0 radical (unpaired) electrons. The Balaban J connectivity index is 2.04. The summed E-state index contributed by atoms with van der Waals surface area (Å²) in [4.78, 5) is 14.7. The van der Waals surface area contributed by atoms with Crippen molar-refractivity contribution in [1.82, 2.24) is 4.90 Å². The third-order valence-electron chi connectivity index (χ3n) is 3.26. The van der Waals surface area contributed by atoms with E-state index in [4.69, 9.17) is 11.6 Å². The van der Waals surface area contributed by atoms with Crippen molar-refractivity contribution in [2.24, 2.45) is 0 Å². The van der Waals surface area contributed by atoms with Crippen LogP contribution in [-0.2, 0) is 14.6 Å². The van der Waals surface area contributed by atoms with Gasteiger partial charge in [0, 0.05) is 23.5 Å². The topological polar surface area (TPSA) is 54.5 Å². The Morgan fingerprint density at radius 2 is 2.30 bits per heavy atom. The molecule has 1 amide bonds. The molecule has 1 saturated heterocycles. The fourth-order valence-corrected chi connectivity index (χ4v) is 4.98. The van der Waals surface area contributed by atoms with Crippen LogP contribution < -0.4 is 0 Å². The van der Waals surface area contributed by atoms with E-state index < -0.39 is 9.84 Å². The molecular weight excluding hydrogens is 318 g/mol. The van der Waals surface area contributed by atoms with Crippen molar-refractivity contribution in [3.8, 4) is 0 Å². The predicted molar refractivity (Wildman–Crippen MR) is 82.8 cm³/mol. The molecule has 0 saturated carbocycles. The van der Waals surface area contributed by atoms with Crippen LogP contribution in [0.15, 0.2) is 18.2 Å². The van der Waals surface area contributed by atoms with E-state index in [0.717, 1.165) is 4.88 Å². The minimum atomic E-state index is -2.98. The molecule has 20 heavy (non-hydrogen) atoms. The average molecular weight is 334 g/mol. The number of hydrogen-bond donors (Lipinski definition) is 0. The number of likely N-dealkylation sites (N-methyl/N-ethyl adjacent to an activating group) is 1. The fraction of sp³-hybridized carbons (Fsp3) is 0.462. The van der Waals surface area contributed by atoms with Crippen molar-refractivity contribution in [3.05, 3.63) is 27.4 Å². The van der Waals surface area contributed by atoms with Gasteiger partial charge in [-0.15, -0.1) is 11.3 Å². The number of nitrogens with zero attached hydrogens (tertiary/aromatic N) is 1. The van der Waals surface area contributed by atoms with Crippen LogP contribution in [0, 0.1) is 0 Å². The van der Waals surface area contributed by atoms with Gasteiger partial charge in [0.2, 0.25) is 5.91 Å². The Bertz CT molecular complexity index is 621. The Morgan fingerprint density at radius 3 is 2.80 bits per heavy atom. The quantitative estimate of drug-likeness (QED) is 0.795. The first kappa shape index (κ1) is 15.5. The highest BCUT2D eigenvalue weighted by Gasteiger charge is 2.33. The van der Waals surface area contributed by atoms with Gasteiger partial charge >= 0.3 is 0 Å². The molecule has 0 aliphatic carbocycles. The largest absolute Gasteiger partial charge is 0.335 e. The number of rotatable bonds is 4. The van der Waals surface area contributed by atoms with Crippen LogP contribution in [0.25, 0.3) is 6.08 Å². The van der Waals surface area contributed by atoms with Crippen LogP contribution in [0.5, 0.6) is 0 Å². The predicted octanol–water partition coefficient (Wildman–Crippen LogP) is 2.45. The second-order valence-corrected chi connectivity index (χ2v) is 8.63. The molecule has 2 rings (SSSR count). The van der Waals surface area contributed by atoms with Gasteiger partial charge in [0.25, 0.3) is 0 Å². The van der Waals surface area contributed by atoms with E-state index in [1.165, 1.54) is 17.4 Å². The first-order chi connectivity index (χ1) is 9.41. The number of hydrogen-bond acceptors (Lipinski definition) is 4. The zero-order chi connectivity index (χ0) is 14.8. The Kier molecular flexibility index (Phi) is 4.88. The highest BCUT2D eigenvalue weighted by atomic mass is 35.5. The summed E-state index contributed by atoms with van der Waals surface area (Å²) in [5.74, 6) is 0.0934. The molecular formula is C13H16ClNO3S2. The zero-order valence-electron chi connectivity index (χ0n) is 11.1. The van der Waals surface area contributed by atoms with Gasteiger partial charge in [-0.05, 0) is 31.6 Å². The Hall–Kier alpha value is -0.850. The van der Waals surface area contributed by atoms with E-state index in [0.29, 0.717) is 17.3 Å². The summed E-state index contributed by atoms with van der Waals surface area (Å²) in [5, 5.41) is 0. The molecule has 1 aromatic rings. The van der Waals surface area contributed by atoms with Crippen molar-refractivity contribution < 1.29 is 13.2 Å². The zero-order valence-corrected chi connectivity index (χ0v) is 13.5. The smallest absolute Gasteiger partial charge is 0.246 e. The first-order valence-corrected chi connectivity index (χ1v) is 9.37. The van der Waals surface area contributed by atoms with Gasteiger partial charge in [-0.2, -0.15) is 0 Å². The maximum Gasteiger partial charge on any atom is 0.246 e. The van der Waals surface area contributed by atoms with Gasteiger partial charge < -0.3 is 4.90 Å². The van der Waals surface area contributed by atoms with Crippen molar-refractivity contribution in [1.29, 1.82) is 0 Å². The minimum absolute atomic E-state index is 0.0747. The number of carbonyl (C=O) groups excluding carboxylic acids is 1. The summed E-state index contributed by atoms with van der Waals surface area (Å²) in [6.07, 6.45) is 3.72. The summed E-state index contributed by atoms with van der Waals surface area (Å²) in [7, 11) is -2.98. The molecule has 0 spiro atoms. The van der Waals surface area contributed by atoms with Crippen molar-refractivity contribution in [3.63, 3.8) is 0 Å². The lowest BCUT2D eigenvalue weighted by atomic mass is 10.2. The average Bonchev–Trinajstić information content (AvgIpc) is 2.94. The third kappa shape index (κ3) is 3.84. The lowest BCUT2D eigenvalue weighted by Gasteiger charge is -2.25. The standard InChI is InChI=1S/C13H16ClNO3S2/c1-2-15(10-7-8-20(17,18)9-10)13(16)6-4-11-3-5-12(14)19-11/h3-6,10H,2,7-9H2,1H3. The summed E-state index contributed by atoms with van der Waals surface area (Å²) in [6.45, 7) is 2.37. The van der Waals surface area contributed by atoms with Crippen molar-refractivity contribution in [2.45, 2.75) is 19.4 Å². The molecule has 7 heteroatoms. The van der Waals surface area contributed by atoms with E-state index in [9.17, 15) is 13.2 Å². The molecule has 110 valence electrons. The van der Waals surface area contributed by atoms with Crippen LogP contribution in [0.3, 0.4) is 0 Å². The Morgan fingerprint density at radius 1 is 1.55 bits per heavy atom. The van der Waals surface area contributed by atoms with E-state index in [1.807, 2.05) is 13.0 Å². The fourth-order valence-electron chi connectivity index (χ4n) is 2.28. The maximum absolute atomic E-state index is 12.2. The number of halogens is 1. The van der Waals surface area contributed by atoms with Gasteiger partial charge in [0.1, 0.15) is 0 Å². The maximum atomic E-state index is 12.2. The van der Waals surface area contributed by atoms with Gasteiger partial charge in [-0.25, -0.2) is 8.42 Å². The second-order valence-electron chi connectivity index (χ2n) is 4.66. The summed E-state index contributed by atoms with van der Waals surface area (Å²) < 4.78 is 23.7. The molecule has 0 N–H and O–H groups in total. The summed E-state index contributed by atoms with van der Waals surface area (Å²) in [5.41, 5.74) is 0. The minimum Gasteiger partial charge on any atom is -0.335 e. The molecule has 1 fully saturated rings. The number of thiophene rings is 1. The molecule has 1 atom stereocenters. The van der Waals surface area contributed by atoms with Gasteiger partial charge in [-0.3, -0.25) is 4.79 Å². The highest BCUT2D eigenvalue weighted by molar-refractivity contribution is 7.91. The van der Waals surface area contributed by atoms with Crippen molar-refractivity contribution >= 4 is 44.8 Å². The van der Waals surface area contributed by atoms with Gasteiger partial charge in [-0.1, -0.05) is 11.6 Å². The van der Waals surface area contributed by atoms with Gasteiger partial charge in [0.05, 0.1) is 15.8 Å². The third-order valence-corrected chi connectivity index (χ3v) is 6.20. The van der Waals surface area contributed by atoms with E-state index in [-0.39, 0.29) is 23.5 Å². The van der Waals surface area contributed by atoms with Crippen LogP contribution in [0.1, 0.15) is 18.2 Å². The van der Waals surface area contributed by atoms with E-state index >= 15 is 0 Å². The van der Waals surface area contributed by atoms with Crippen molar-refractivity contribution in [2.75, 3.05) is 18.1 Å². The number of sulfone groups is 1. The molecule has 0 bridgehead atoms. The molecule has 1 aliphatic rings. The van der Waals surface area contributed by atoms with Crippen LogP contribution in [-0.4, -0.2) is 43.3 Å². The first-order valence-electron chi connectivity index (χ1n) is 6.36. The summed E-state index contributed by atoms with van der Waals surface area (Å²) in [6, 6.07) is 3.42. The molecule has 1 aliphatic heterocycles. The normalized spacial score (nSPS) is 21.4. The molecule has 1 aromatic heterocycles. The lowest BCUT2D eigenvalue weighted by molar-refractivity contribution is -0.127. The van der Waals surface area contributed by atoms with Gasteiger partial charge in [0.15, 0.2) is 9.84 Å². The van der Waals surface area contributed by atoms with E-state index in [2.05, 4.69) is 0 Å². The van der Waals surface area contributed by atoms with Crippen LogP contribution >= 0.6 is 22.9 Å².